The molecule has 63 heavy (non-hydrogen) atoms. The molecule has 2 heterocycles. The van der Waals surface area contributed by atoms with Crippen LogP contribution in [0, 0.1) is 0 Å². The maximum atomic E-state index is 5.12. The monoisotopic (exact) mass is 806 g/mol. The van der Waals surface area contributed by atoms with Gasteiger partial charge in [-0.25, -0.2) is 15.0 Å². The zero-order valence-electron chi connectivity index (χ0n) is 34.9. The average molecular weight is 807 g/mol. The highest BCUT2D eigenvalue weighted by Gasteiger charge is 2.47. The van der Waals surface area contributed by atoms with Crippen molar-refractivity contribution in [1.29, 1.82) is 0 Å². The van der Waals surface area contributed by atoms with Gasteiger partial charge in [-0.2, -0.15) is 0 Å². The number of nitrogens with zero attached hydrogens (tertiary/aromatic N) is 4. The second-order valence-electron chi connectivity index (χ2n) is 17.0. The summed E-state index contributed by atoms with van der Waals surface area (Å²) >= 11 is 0. The topological polar surface area (TPSA) is 43.6 Å². The maximum absolute atomic E-state index is 5.12. The number of aromatic nitrogens is 4. The van der Waals surface area contributed by atoms with Gasteiger partial charge in [0.05, 0.1) is 16.4 Å². The highest BCUT2D eigenvalue weighted by atomic mass is 15.0. The van der Waals surface area contributed by atoms with Gasteiger partial charge in [-0.15, -0.1) is 0 Å². The SMILES string of the molecule is CC1(c2ccc3c(c2)c2c4c(ccc2n3-c2cccc(-c3nc(-c5ccccc5)nc(-c5ccccc5)n3)c2)C(c2ccccc2)(c2ccccc2)c2ccccc2-4)C=CC=CC1. The Balaban J connectivity index is 1.14. The molecule has 0 fully saturated rings. The summed E-state index contributed by atoms with van der Waals surface area (Å²) in [6.45, 7) is 2.36. The van der Waals surface area contributed by atoms with Gasteiger partial charge < -0.3 is 4.57 Å². The quantitative estimate of drug-likeness (QED) is 0.161. The fourth-order valence-electron chi connectivity index (χ4n) is 10.3. The van der Waals surface area contributed by atoms with Crippen molar-refractivity contribution in [2.75, 3.05) is 0 Å². The van der Waals surface area contributed by atoms with E-state index < -0.39 is 5.41 Å². The van der Waals surface area contributed by atoms with Crippen LogP contribution in [0.5, 0.6) is 0 Å². The van der Waals surface area contributed by atoms with Crippen LogP contribution in [0.2, 0.25) is 0 Å². The summed E-state index contributed by atoms with van der Waals surface area (Å²) in [5, 5.41) is 2.49. The Labute approximate surface area is 367 Å². The largest absolute Gasteiger partial charge is 0.309 e. The van der Waals surface area contributed by atoms with E-state index in [-0.39, 0.29) is 5.41 Å². The minimum atomic E-state index is -0.511. The van der Waals surface area contributed by atoms with Gasteiger partial charge in [0.15, 0.2) is 17.5 Å². The fourth-order valence-corrected chi connectivity index (χ4v) is 10.3. The Kier molecular flexibility index (Phi) is 8.55. The zero-order valence-corrected chi connectivity index (χ0v) is 34.9. The molecule has 2 aromatic heterocycles. The van der Waals surface area contributed by atoms with E-state index >= 15 is 0 Å². The summed E-state index contributed by atoms with van der Waals surface area (Å²) in [4.78, 5) is 15.2. The van der Waals surface area contributed by atoms with E-state index in [9.17, 15) is 0 Å². The summed E-state index contributed by atoms with van der Waals surface area (Å²) in [6, 6.07) is 72.2. The predicted octanol–water partition coefficient (Wildman–Crippen LogP) is 14.1. The first-order chi connectivity index (χ1) is 31.1. The van der Waals surface area contributed by atoms with Crippen LogP contribution < -0.4 is 0 Å². The molecule has 0 radical (unpaired) electrons. The summed E-state index contributed by atoms with van der Waals surface area (Å²) in [6.07, 6.45) is 9.94. The van der Waals surface area contributed by atoms with Crippen LogP contribution in [-0.4, -0.2) is 19.5 Å². The van der Waals surface area contributed by atoms with Crippen LogP contribution in [0.15, 0.2) is 224 Å². The van der Waals surface area contributed by atoms with Crippen LogP contribution in [0.25, 0.3) is 72.8 Å². The fraction of sp³-hybridized carbons (Fsp3) is 0.0678. The van der Waals surface area contributed by atoms with Crippen molar-refractivity contribution >= 4 is 21.8 Å². The molecule has 0 amide bonds. The van der Waals surface area contributed by atoms with Crippen LogP contribution in [0.1, 0.15) is 41.2 Å². The van der Waals surface area contributed by atoms with Gasteiger partial charge in [0.1, 0.15) is 0 Å². The highest BCUT2D eigenvalue weighted by Crippen LogP contribution is 2.59. The van der Waals surface area contributed by atoms with Gasteiger partial charge in [0.2, 0.25) is 0 Å². The Bertz CT molecular complexity index is 3330. The molecule has 10 aromatic rings. The molecule has 0 aliphatic heterocycles. The average Bonchev–Trinajstić information content (AvgIpc) is 3.86. The third kappa shape index (κ3) is 5.79. The lowest BCUT2D eigenvalue weighted by Gasteiger charge is -2.33. The first-order valence-corrected chi connectivity index (χ1v) is 21.8. The number of hydrogen-bond acceptors (Lipinski definition) is 3. The van der Waals surface area contributed by atoms with Gasteiger partial charge in [-0.05, 0) is 75.7 Å². The standard InChI is InChI=1S/C59H42N4/c1-58(36-17-6-18-37-58)45-32-34-51-48(39-45)54-52(35-33-50-53(54)47-30-15-16-31-49(47)59(50,43-25-11-4-12-26-43)44-27-13-5-14-28-44)63(51)46-29-19-24-42(38-46)57-61-55(40-20-7-2-8-21-40)60-56(62-57)41-22-9-3-10-23-41/h2-36,38-39H,37H2,1H3. The summed E-state index contributed by atoms with van der Waals surface area (Å²) in [5.74, 6) is 1.91. The van der Waals surface area contributed by atoms with E-state index in [0.717, 1.165) is 39.8 Å². The van der Waals surface area contributed by atoms with Crippen molar-refractivity contribution in [2.24, 2.45) is 0 Å². The lowest BCUT2D eigenvalue weighted by Crippen LogP contribution is -2.28. The highest BCUT2D eigenvalue weighted by molar-refractivity contribution is 6.18. The summed E-state index contributed by atoms with van der Waals surface area (Å²) < 4.78 is 2.45. The molecule has 4 heteroatoms. The third-order valence-electron chi connectivity index (χ3n) is 13.3. The molecule has 0 N–H and O–H groups in total. The number of fused-ring (bicyclic) bond motifs is 7. The molecule has 298 valence electrons. The second kappa shape index (κ2) is 14.6. The Hall–Kier alpha value is -7.95. The molecule has 0 saturated heterocycles. The first-order valence-electron chi connectivity index (χ1n) is 21.8. The molecule has 4 nitrogen and oxygen atoms in total. The lowest BCUT2D eigenvalue weighted by atomic mass is 9.67. The minimum absolute atomic E-state index is 0.128. The number of hydrogen-bond donors (Lipinski definition) is 0. The van der Waals surface area contributed by atoms with Crippen LogP contribution in [0.4, 0.5) is 0 Å². The summed E-state index contributed by atoms with van der Waals surface area (Å²) in [7, 11) is 0. The van der Waals surface area contributed by atoms with Crippen molar-refractivity contribution in [3.8, 4) is 51.0 Å². The molecular formula is C59H42N4. The van der Waals surface area contributed by atoms with E-state index in [1.807, 2.05) is 36.4 Å². The summed E-state index contributed by atoms with van der Waals surface area (Å²) in [5.41, 5.74) is 14.5. The minimum Gasteiger partial charge on any atom is -0.309 e. The maximum Gasteiger partial charge on any atom is 0.164 e. The lowest BCUT2D eigenvalue weighted by molar-refractivity contribution is 0.600. The second-order valence-corrected chi connectivity index (χ2v) is 17.0. The molecule has 1 unspecified atom stereocenters. The molecule has 2 aliphatic carbocycles. The van der Waals surface area contributed by atoms with Gasteiger partial charge in [0.25, 0.3) is 0 Å². The molecule has 8 aromatic carbocycles. The zero-order chi connectivity index (χ0) is 42.0. The first kappa shape index (κ1) is 36.9. The number of allylic oxidation sites excluding steroid dienone is 4. The van der Waals surface area contributed by atoms with E-state index in [2.05, 4.69) is 200 Å². The molecule has 2 aliphatic rings. The van der Waals surface area contributed by atoms with E-state index in [0.29, 0.717) is 17.5 Å². The van der Waals surface area contributed by atoms with E-state index in [4.69, 9.17) is 15.0 Å². The van der Waals surface area contributed by atoms with Gasteiger partial charge in [-0.1, -0.05) is 201 Å². The molecule has 0 saturated carbocycles. The molecule has 0 spiro atoms. The molecular weight excluding hydrogens is 765 g/mol. The van der Waals surface area contributed by atoms with Crippen molar-refractivity contribution in [3.63, 3.8) is 0 Å². The number of rotatable bonds is 7. The molecule has 1 atom stereocenters. The smallest absolute Gasteiger partial charge is 0.164 e. The third-order valence-corrected chi connectivity index (χ3v) is 13.3. The van der Waals surface area contributed by atoms with Crippen molar-refractivity contribution < 1.29 is 0 Å². The Morgan fingerprint density at radius 3 is 1.67 bits per heavy atom. The van der Waals surface area contributed by atoms with Crippen molar-refractivity contribution in [3.05, 3.63) is 252 Å². The van der Waals surface area contributed by atoms with Gasteiger partial charge >= 0.3 is 0 Å². The van der Waals surface area contributed by atoms with Crippen molar-refractivity contribution in [2.45, 2.75) is 24.2 Å². The predicted molar refractivity (Wildman–Crippen MR) is 258 cm³/mol. The normalized spacial score (nSPS) is 16.0. The molecule has 0 bridgehead atoms. The van der Waals surface area contributed by atoms with Crippen LogP contribution in [-0.2, 0) is 10.8 Å². The Morgan fingerprint density at radius 1 is 0.460 bits per heavy atom. The van der Waals surface area contributed by atoms with E-state index in [1.54, 1.807) is 0 Å². The van der Waals surface area contributed by atoms with Crippen LogP contribution in [0.3, 0.4) is 0 Å². The van der Waals surface area contributed by atoms with Crippen LogP contribution >= 0.6 is 0 Å². The number of benzene rings is 8. The van der Waals surface area contributed by atoms with E-state index in [1.165, 1.54) is 49.7 Å². The van der Waals surface area contributed by atoms with Gasteiger partial charge in [0, 0.05) is 38.6 Å². The molecule has 12 rings (SSSR count). The Morgan fingerprint density at radius 2 is 1.03 bits per heavy atom. The van der Waals surface area contributed by atoms with Crippen molar-refractivity contribution in [1.82, 2.24) is 19.5 Å². The van der Waals surface area contributed by atoms with Gasteiger partial charge in [-0.3, -0.25) is 0 Å².